The number of hydrogen-bond acceptors (Lipinski definition) is 19. The Kier molecular flexibility index (Phi) is 11.7. The Bertz CT molecular complexity index is 882. The van der Waals surface area contributed by atoms with Gasteiger partial charge in [-0.05, 0) is 13.8 Å². The molecule has 4 fully saturated rings. The molecule has 0 saturated carbocycles. The number of aliphatic hydroxyl groups excluding tert-OH is 12. The fourth-order valence-corrected chi connectivity index (χ4v) is 5.49. The van der Waals surface area contributed by atoms with Crippen LogP contribution in [0.25, 0.3) is 0 Å². The monoisotopic (exact) mass is 634 g/mol. The quantitative estimate of drug-likeness (QED) is 0.118. The van der Waals surface area contributed by atoms with Gasteiger partial charge in [0.1, 0.15) is 85.5 Å². The maximum atomic E-state index is 10.8. The Morgan fingerprint density at radius 3 is 1.35 bits per heavy atom. The smallest absolute Gasteiger partial charge is 0.187 e. The van der Waals surface area contributed by atoms with Crippen LogP contribution < -0.4 is 0 Å². The van der Waals surface area contributed by atoms with E-state index in [1.54, 1.807) is 0 Å². The molecule has 20 unspecified atom stereocenters. The van der Waals surface area contributed by atoms with Gasteiger partial charge >= 0.3 is 0 Å². The molecule has 0 bridgehead atoms. The summed E-state index contributed by atoms with van der Waals surface area (Å²) in [7, 11) is 0. The van der Waals surface area contributed by atoms with E-state index in [2.05, 4.69) is 0 Å². The van der Waals surface area contributed by atoms with E-state index >= 15 is 0 Å². The van der Waals surface area contributed by atoms with Crippen LogP contribution in [0.2, 0.25) is 0 Å². The molecule has 4 rings (SSSR count). The van der Waals surface area contributed by atoms with Gasteiger partial charge in [-0.15, -0.1) is 0 Å². The summed E-state index contributed by atoms with van der Waals surface area (Å²) in [5.41, 5.74) is 0. The lowest BCUT2D eigenvalue weighted by molar-refractivity contribution is -0.384. The van der Waals surface area contributed by atoms with E-state index in [1.807, 2.05) is 0 Å². The SMILES string of the molecule is CC1OC(O)C(O)C(O)C1OC1OC(C)C(OC2OC(CO)C(OC3OC(CO)C(O)C(O)C3O)C(O)C2O)C(O)C1O. The van der Waals surface area contributed by atoms with Gasteiger partial charge in [0.25, 0.3) is 0 Å². The molecule has 12 N–H and O–H groups in total. The van der Waals surface area contributed by atoms with Crippen molar-refractivity contribution in [2.45, 2.75) is 137 Å². The van der Waals surface area contributed by atoms with Crippen molar-refractivity contribution in [1.29, 1.82) is 0 Å². The first-order valence-electron chi connectivity index (χ1n) is 13.8. The van der Waals surface area contributed by atoms with Gasteiger partial charge in [-0.3, -0.25) is 0 Å². The summed E-state index contributed by atoms with van der Waals surface area (Å²) >= 11 is 0. The minimum Gasteiger partial charge on any atom is -0.394 e. The zero-order valence-electron chi connectivity index (χ0n) is 23.2. The van der Waals surface area contributed by atoms with Gasteiger partial charge in [-0.1, -0.05) is 0 Å². The summed E-state index contributed by atoms with van der Waals surface area (Å²) in [6.45, 7) is 1.26. The lowest BCUT2D eigenvalue weighted by Crippen LogP contribution is -2.66. The van der Waals surface area contributed by atoms with Gasteiger partial charge in [0.05, 0.1) is 25.4 Å². The van der Waals surface area contributed by atoms with E-state index < -0.39 is 136 Å². The van der Waals surface area contributed by atoms with Crippen molar-refractivity contribution >= 4 is 0 Å². The van der Waals surface area contributed by atoms with Crippen LogP contribution in [-0.2, 0) is 33.2 Å². The minimum atomic E-state index is -1.91. The highest BCUT2D eigenvalue weighted by Crippen LogP contribution is 2.33. The highest BCUT2D eigenvalue weighted by Gasteiger charge is 2.54. The molecule has 20 atom stereocenters. The van der Waals surface area contributed by atoms with Gasteiger partial charge in [0, 0.05) is 0 Å². The van der Waals surface area contributed by atoms with E-state index in [0.29, 0.717) is 0 Å². The van der Waals surface area contributed by atoms with Gasteiger partial charge in [0.2, 0.25) is 0 Å². The topological polar surface area (TPSA) is 307 Å². The van der Waals surface area contributed by atoms with Gasteiger partial charge in [0.15, 0.2) is 25.2 Å². The molecule has 0 aromatic rings. The predicted octanol–water partition coefficient (Wildman–Crippen LogP) is -7.69. The molecule has 4 heterocycles. The lowest BCUT2D eigenvalue weighted by Gasteiger charge is -2.48. The number of hydrogen-bond donors (Lipinski definition) is 12. The molecule has 0 amide bonds. The fraction of sp³-hybridized carbons (Fsp3) is 1.00. The molecule has 252 valence electrons. The molecule has 0 aromatic heterocycles. The Morgan fingerprint density at radius 2 is 0.814 bits per heavy atom. The third kappa shape index (κ3) is 7.00. The summed E-state index contributed by atoms with van der Waals surface area (Å²) in [4.78, 5) is 0. The lowest BCUT2D eigenvalue weighted by atomic mass is 9.96. The van der Waals surface area contributed by atoms with Crippen molar-refractivity contribution in [3.63, 3.8) is 0 Å². The van der Waals surface area contributed by atoms with Crippen molar-refractivity contribution in [1.82, 2.24) is 0 Å². The van der Waals surface area contributed by atoms with Crippen molar-refractivity contribution in [2.75, 3.05) is 13.2 Å². The minimum absolute atomic E-state index is 0.753. The van der Waals surface area contributed by atoms with E-state index in [0.717, 1.165) is 0 Å². The highest BCUT2D eigenvalue weighted by molar-refractivity contribution is 4.96. The summed E-state index contributed by atoms with van der Waals surface area (Å²) in [6, 6.07) is 0. The van der Waals surface area contributed by atoms with E-state index in [9.17, 15) is 61.3 Å². The second-order valence-electron chi connectivity index (χ2n) is 11.1. The van der Waals surface area contributed by atoms with Gasteiger partial charge < -0.3 is 94.4 Å². The first kappa shape index (κ1) is 35.1. The van der Waals surface area contributed by atoms with E-state index in [4.69, 9.17) is 33.2 Å². The normalized spacial score (nSPS) is 54.8. The van der Waals surface area contributed by atoms with Crippen LogP contribution in [0.15, 0.2) is 0 Å². The summed E-state index contributed by atoms with van der Waals surface area (Å²) in [6.07, 6.45) is -31.8. The molecule has 0 spiro atoms. The molecule has 4 aliphatic rings. The first-order valence-corrected chi connectivity index (χ1v) is 13.8. The molecule has 0 aliphatic carbocycles. The Hall–Kier alpha value is -0.760. The third-order valence-corrected chi connectivity index (χ3v) is 8.12. The van der Waals surface area contributed by atoms with Crippen LogP contribution in [0.3, 0.4) is 0 Å². The maximum absolute atomic E-state index is 10.8. The second-order valence-corrected chi connectivity index (χ2v) is 11.1. The third-order valence-electron chi connectivity index (χ3n) is 8.12. The number of ether oxygens (including phenoxy) is 7. The largest absolute Gasteiger partial charge is 0.394 e. The Morgan fingerprint density at radius 1 is 0.419 bits per heavy atom. The molecule has 0 aromatic carbocycles. The molecule has 19 heteroatoms. The summed E-state index contributed by atoms with van der Waals surface area (Å²) in [5.74, 6) is 0. The first-order chi connectivity index (χ1) is 20.2. The molecule has 4 saturated heterocycles. The predicted molar refractivity (Wildman–Crippen MR) is 131 cm³/mol. The maximum Gasteiger partial charge on any atom is 0.187 e. The second kappa shape index (κ2) is 14.3. The summed E-state index contributed by atoms with van der Waals surface area (Å²) in [5, 5.41) is 122. The average molecular weight is 635 g/mol. The Labute approximate surface area is 244 Å². The van der Waals surface area contributed by atoms with Crippen LogP contribution in [-0.4, -0.2) is 197 Å². The number of aliphatic hydroxyl groups is 12. The van der Waals surface area contributed by atoms with Crippen LogP contribution in [0, 0.1) is 0 Å². The standard InChI is InChI=1S/C24H42O19/c1-5-18(11(29)14(32)21(36)37-5)41-22-16(34)12(30)19(6(2)38-22)42-24-17(35)13(31)20(8(4-26)40-24)43-23-15(33)10(28)9(27)7(3-25)39-23/h5-36H,3-4H2,1-2H3. The highest BCUT2D eigenvalue weighted by atomic mass is 16.8. The van der Waals surface area contributed by atoms with Crippen LogP contribution in [0.1, 0.15) is 13.8 Å². The van der Waals surface area contributed by atoms with Crippen LogP contribution in [0.5, 0.6) is 0 Å². The fourth-order valence-electron chi connectivity index (χ4n) is 5.49. The zero-order valence-corrected chi connectivity index (χ0v) is 23.2. The zero-order chi connectivity index (χ0) is 31.9. The van der Waals surface area contributed by atoms with Gasteiger partial charge in [-0.2, -0.15) is 0 Å². The van der Waals surface area contributed by atoms with Crippen LogP contribution >= 0.6 is 0 Å². The van der Waals surface area contributed by atoms with Crippen molar-refractivity contribution < 1.29 is 94.4 Å². The number of rotatable bonds is 8. The Balaban J connectivity index is 1.40. The molecular formula is C24H42O19. The molecule has 4 aliphatic heterocycles. The van der Waals surface area contributed by atoms with Crippen molar-refractivity contribution in [3.05, 3.63) is 0 Å². The molecule has 0 radical (unpaired) electrons. The van der Waals surface area contributed by atoms with E-state index in [-0.39, 0.29) is 0 Å². The van der Waals surface area contributed by atoms with Crippen LogP contribution in [0.4, 0.5) is 0 Å². The van der Waals surface area contributed by atoms with Crippen molar-refractivity contribution in [3.8, 4) is 0 Å². The molecule has 19 nitrogen and oxygen atoms in total. The van der Waals surface area contributed by atoms with E-state index in [1.165, 1.54) is 13.8 Å². The van der Waals surface area contributed by atoms with Crippen molar-refractivity contribution in [2.24, 2.45) is 0 Å². The summed E-state index contributed by atoms with van der Waals surface area (Å²) < 4.78 is 38.3. The van der Waals surface area contributed by atoms with Gasteiger partial charge in [-0.25, -0.2) is 0 Å². The molecular weight excluding hydrogens is 592 g/mol. The average Bonchev–Trinajstić information content (AvgIpc) is 2.98. The molecule has 43 heavy (non-hydrogen) atoms.